The monoisotopic (exact) mass is 411 g/mol. The number of nitro groups is 1. The topological polar surface area (TPSA) is 175 Å². The first-order chi connectivity index (χ1) is 13.3. The average molecular weight is 411 g/mol. The number of anilines is 1. The summed E-state index contributed by atoms with van der Waals surface area (Å²) in [4.78, 5) is 26.8. The van der Waals surface area contributed by atoms with Crippen LogP contribution >= 0.6 is 11.3 Å². The molecule has 11 nitrogen and oxygen atoms in total. The predicted octanol–water partition coefficient (Wildman–Crippen LogP) is -0.506. The molecule has 12 heteroatoms. The SMILES string of the molecule is O=C(c1ccc([N+](=O)[O-])cc1)c1cnc(N[C@H]2OC(CO)[C@@H](O)[C@H](O)C2O)s1. The summed E-state index contributed by atoms with van der Waals surface area (Å²) >= 11 is 0.949. The molecular weight excluding hydrogens is 394 g/mol. The molecule has 0 saturated carbocycles. The van der Waals surface area contributed by atoms with Gasteiger partial charge in [0.2, 0.25) is 5.78 Å². The number of aliphatic hydroxyl groups excluding tert-OH is 4. The van der Waals surface area contributed by atoms with E-state index >= 15 is 0 Å². The first kappa shape index (κ1) is 20.3. The van der Waals surface area contributed by atoms with E-state index in [1.165, 1.54) is 30.5 Å². The highest BCUT2D eigenvalue weighted by Gasteiger charge is 2.43. The Bertz CT molecular complexity index is 856. The van der Waals surface area contributed by atoms with Crippen LogP contribution in [0.5, 0.6) is 0 Å². The number of carbonyl (C=O) groups excluding carboxylic acids is 1. The van der Waals surface area contributed by atoms with Gasteiger partial charge in [0, 0.05) is 17.7 Å². The molecule has 28 heavy (non-hydrogen) atoms. The molecule has 1 aliphatic rings. The van der Waals surface area contributed by atoms with Gasteiger partial charge in [0.25, 0.3) is 5.69 Å². The lowest BCUT2D eigenvalue weighted by atomic mass is 9.98. The van der Waals surface area contributed by atoms with Crippen molar-refractivity contribution in [1.29, 1.82) is 0 Å². The lowest BCUT2D eigenvalue weighted by molar-refractivity contribution is -0.384. The lowest BCUT2D eigenvalue weighted by Crippen LogP contribution is -2.60. The van der Waals surface area contributed by atoms with Crippen LogP contribution < -0.4 is 5.32 Å². The number of carbonyl (C=O) groups is 1. The van der Waals surface area contributed by atoms with Crippen LogP contribution in [0.15, 0.2) is 30.5 Å². The van der Waals surface area contributed by atoms with Crippen molar-refractivity contribution < 1.29 is 34.9 Å². The van der Waals surface area contributed by atoms with E-state index < -0.39 is 48.0 Å². The van der Waals surface area contributed by atoms with Crippen molar-refractivity contribution in [1.82, 2.24) is 4.98 Å². The van der Waals surface area contributed by atoms with Gasteiger partial charge in [0.15, 0.2) is 11.4 Å². The van der Waals surface area contributed by atoms with E-state index in [1.54, 1.807) is 0 Å². The molecule has 1 fully saturated rings. The Balaban J connectivity index is 1.71. The minimum Gasteiger partial charge on any atom is -0.394 e. The van der Waals surface area contributed by atoms with Crippen LogP contribution in [-0.4, -0.2) is 73.4 Å². The van der Waals surface area contributed by atoms with Gasteiger partial charge in [-0.2, -0.15) is 0 Å². The minimum atomic E-state index is -1.54. The Kier molecular flexibility index (Phi) is 5.98. The Labute approximate surface area is 162 Å². The number of ketones is 1. The first-order valence-corrected chi connectivity index (χ1v) is 8.95. The number of rotatable bonds is 6. The number of thiazole rings is 1. The van der Waals surface area contributed by atoms with Gasteiger partial charge in [0.1, 0.15) is 24.4 Å². The number of aliphatic hydroxyl groups is 4. The van der Waals surface area contributed by atoms with Crippen molar-refractivity contribution in [3.8, 4) is 0 Å². The standard InChI is InChI=1S/C16H17N3O8S/c20-6-9-12(22)13(23)14(24)15(27-9)18-16-17-5-10(28-16)11(21)7-1-3-8(4-2-7)19(25)26/h1-5,9,12-15,20,22-24H,6H2,(H,17,18)/t9?,12-,13+,14?,15+/m1/s1. The first-order valence-electron chi connectivity index (χ1n) is 8.14. The van der Waals surface area contributed by atoms with Crippen LogP contribution in [0.2, 0.25) is 0 Å². The maximum absolute atomic E-state index is 12.5. The predicted molar refractivity (Wildman–Crippen MR) is 96.0 cm³/mol. The van der Waals surface area contributed by atoms with E-state index in [0.29, 0.717) is 0 Å². The second-order valence-corrected chi connectivity index (χ2v) is 7.09. The number of hydrogen-bond donors (Lipinski definition) is 5. The molecular formula is C16H17N3O8S. The smallest absolute Gasteiger partial charge is 0.269 e. The number of nitrogens with zero attached hydrogens (tertiary/aromatic N) is 2. The highest BCUT2D eigenvalue weighted by Crippen LogP contribution is 2.27. The van der Waals surface area contributed by atoms with Crippen LogP contribution in [0.25, 0.3) is 0 Å². The third-order valence-electron chi connectivity index (χ3n) is 4.23. The average Bonchev–Trinajstić information content (AvgIpc) is 3.16. The normalized spacial score (nSPS) is 27.4. The van der Waals surface area contributed by atoms with Gasteiger partial charge in [-0.15, -0.1) is 0 Å². The highest BCUT2D eigenvalue weighted by atomic mass is 32.1. The molecule has 2 heterocycles. The number of ether oxygens (including phenoxy) is 1. The molecule has 150 valence electrons. The highest BCUT2D eigenvalue weighted by molar-refractivity contribution is 7.17. The van der Waals surface area contributed by atoms with E-state index in [0.717, 1.165) is 11.3 Å². The summed E-state index contributed by atoms with van der Waals surface area (Å²) in [7, 11) is 0. The van der Waals surface area contributed by atoms with Gasteiger partial charge in [0.05, 0.1) is 22.6 Å². The van der Waals surface area contributed by atoms with Gasteiger partial charge >= 0.3 is 0 Å². The maximum Gasteiger partial charge on any atom is 0.269 e. The Morgan fingerprint density at radius 1 is 1.21 bits per heavy atom. The van der Waals surface area contributed by atoms with Gasteiger partial charge in [-0.1, -0.05) is 11.3 Å². The zero-order valence-electron chi connectivity index (χ0n) is 14.2. The number of aromatic nitrogens is 1. The molecule has 3 rings (SSSR count). The van der Waals surface area contributed by atoms with Crippen molar-refractivity contribution in [3.63, 3.8) is 0 Å². The molecule has 0 aliphatic carbocycles. The van der Waals surface area contributed by atoms with Gasteiger partial charge in [-0.25, -0.2) is 4.98 Å². The zero-order chi connectivity index (χ0) is 20.4. The second kappa shape index (κ2) is 8.26. The van der Waals surface area contributed by atoms with Crippen LogP contribution in [0.1, 0.15) is 15.2 Å². The summed E-state index contributed by atoms with van der Waals surface area (Å²) in [5.41, 5.74) is 0.111. The molecule has 0 bridgehead atoms. The van der Waals surface area contributed by atoms with Crippen molar-refractivity contribution in [2.45, 2.75) is 30.6 Å². The molecule has 5 N–H and O–H groups in total. The van der Waals surface area contributed by atoms with E-state index in [9.17, 15) is 35.3 Å². The van der Waals surface area contributed by atoms with Crippen LogP contribution in [0, 0.1) is 10.1 Å². The van der Waals surface area contributed by atoms with Crippen LogP contribution in [-0.2, 0) is 4.74 Å². The zero-order valence-corrected chi connectivity index (χ0v) is 15.0. The van der Waals surface area contributed by atoms with Crippen molar-refractivity contribution in [2.75, 3.05) is 11.9 Å². The number of non-ortho nitro benzene ring substituents is 1. The summed E-state index contributed by atoms with van der Waals surface area (Å²) in [6, 6.07) is 5.12. The molecule has 0 radical (unpaired) electrons. The number of benzene rings is 1. The fraction of sp³-hybridized carbons (Fsp3) is 0.375. The Morgan fingerprint density at radius 3 is 2.50 bits per heavy atom. The molecule has 2 aromatic rings. The van der Waals surface area contributed by atoms with E-state index in [1.807, 2.05) is 0 Å². The van der Waals surface area contributed by atoms with Crippen molar-refractivity contribution >= 4 is 27.9 Å². The molecule has 5 atom stereocenters. The summed E-state index contributed by atoms with van der Waals surface area (Å²) in [5, 5.41) is 52.4. The fourth-order valence-electron chi connectivity index (χ4n) is 2.67. The third-order valence-corrected chi connectivity index (χ3v) is 5.16. The molecule has 2 unspecified atom stereocenters. The Hall–Kier alpha value is -2.48. The van der Waals surface area contributed by atoms with Crippen LogP contribution in [0.3, 0.4) is 0 Å². The van der Waals surface area contributed by atoms with E-state index in [4.69, 9.17) is 4.74 Å². The third kappa shape index (κ3) is 4.01. The van der Waals surface area contributed by atoms with Gasteiger partial charge < -0.3 is 30.5 Å². The number of nitro benzene ring substituents is 1. The summed E-state index contributed by atoms with van der Waals surface area (Å²) < 4.78 is 5.32. The molecule has 1 saturated heterocycles. The van der Waals surface area contributed by atoms with E-state index in [2.05, 4.69) is 10.3 Å². The second-order valence-electron chi connectivity index (χ2n) is 6.06. The largest absolute Gasteiger partial charge is 0.394 e. The Morgan fingerprint density at radius 2 is 1.89 bits per heavy atom. The molecule has 0 amide bonds. The van der Waals surface area contributed by atoms with Crippen molar-refractivity contribution in [2.24, 2.45) is 0 Å². The van der Waals surface area contributed by atoms with Gasteiger partial charge in [-0.3, -0.25) is 14.9 Å². The quantitative estimate of drug-likeness (QED) is 0.236. The molecule has 0 spiro atoms. The van der Waals surface area contributed by atoms with E-state index in [-0.39, 0.29) is 21.3 Å². The molecule has 1 aromatic carbocycles. The number of nitrogens with one attached hydrogen (secondary N) is 1. The lowest BCUT2D eigenvalue weighted by Gasteiger charge is -2.40. The summed E-state index contributed by atoms with van der Waals surface area (Å²) in [6.07, 6.45) is -5.45. The number of hydrogen-bond acceptors (Lipinski definition) is 11. The fourth-order valence-corrected chi connectivity index (χ4v) is 3.47. The van der Waals surface area contributed by atoms with Crippen molar-refractivity contribution in [3.05, 3.63) is 51.0 Å². The summed E-state index contributed by atoms with van der Waals surface area (Å²) in [6.45, 7) is -0.565. The van der Waals surface area contributed by atoms with Gasteiger partial charge in [-0.05, 0) is 12.1 Å². The maximum atomic E-state index is 12.5. The summed E-state index contributed by atoms with van der Waals surface area (Å²) in [5.74, 6) is -0.394. The molecule has 1 aliphatic heterocycles. The molecule has 1 aromatic heterocycles. The minimum absolute atomic E-state index is 0.133. The van der Waals surface area contributed by atoms with Crippen LogP contribution in [0.4, 0.5) is 10.8 Å².